The summed E-state index contributed by atoms with van der Waals surface area (Å²) in [5.41, 5.74) is 0. The van der Waals surface area contributed by atoms with Gasteiger partial charge in [0, 0.05) is 19.6 Å². The molecule has 0 spiro atoms. The Hall–Kier alpha value is -0.0800. The molecule has 0 saturated heterocycles. The first kappa shape index (κ1) is 9.92. The van der Waals surface area contributed by atoms with Gasteiger partial charge in [0.25, 0.3) is 0 Å². The van der Waals surface area contributed by atoms with Gasteiger partial charge in [-0.2, -0.15) is 0 Å². The molecule has 0 aliphatic rings. The van der Waals surface area contributed by atoms with E-state index in [0.717, 1.165) is 13.0 Å². The van der Waals surface area contributed by atoms with Crippen molar-refractivity contribution in [1.29, 1.82) is 0 Å². The van der Waals surface area contributed by atoms with Crippen molar-refractivity contribution in [2.45, 2.75) is 33.5 Å². The largest absolute Gasteiger partial charge is 0.356 e. The second-order valence-corrected chi connectivity index (χ2v) is 2.72. The van der Waals surface area contributed by atoms with Gasteiger partial charge in [-0.05, 0) is 6.42 Å². The molecule has 0 aliphatic heterocycles. The molecule has 0 aromatic carbocycles. The third kappa shape index (κ3) is 3.85. The predicted octanol–water partition coefficient (Wildman–Crippen LogP) is 2.04. The van der Waals surface area contributed by atoms with Crippen LogP contribution in [0.2, 0.25) is 0 Å². The highest BCUT2D eigenvalue weighted by Crippen LogP contribution is 2.06. The number of hydrogen-bond acceptors (Lipinski definition) is 2. The van der Waals surface area contributed by atoms with Crippen molar-refractivity contribution in [1.82, 2.24) is 0 Å². The quantitative estimate of drug-likeness (QED) is 0.552. The monoisotopic (exact) mass is 146 g/mol. The molecular weight excluding hydrogens is 128 g/mol. The molecule has 0 N–H and O–H groups in total. The Balaban J connectivity index is 3.40. The highest BCUT2D eigenvalue weighted by atomic mass is 16.7. The molecule has 1 atom stereocenters. The van der Waals surface area contributed by atoms with Crippen molar-refractivity contribution >= 4 is 0 Å². The fraction of sp³-hybridized carbons (Fsp3) is 1.00. The van der Waals surface area contributed by atoms with E-state index in [1.54, 1.807) is 7.11 Å². The van der Waals surface area contributed by atoms with E-state index in [1.165, 1.54) is 0 Å². The number of methoxy groups -OCH3 is 1. The maximum absolute atomic E-state index is 5.38. The van der Waals surface area contributed by atoms with Crippen molar-refractivity contribution in [3.8, 4) is 0 Å². The first-order chi connectivity index (χ1) is 4.72. The Morgan fingerprint density at radius 3 is 2.20 bits per heavy atom. The zero-order valence-electron chi connectivity index (χ0n) is 7.39. The van der Waals surface area contributed by atoms with E-state index in [0.29, 0.717) is 5.92 Å². The Bertz CT molecular complexity index is 71.7. The SMILES string of the molecule is CCCOC(OC)C(C)C. The molecule has 10 heavy (non-hydrogen) atoms. The Morgan fingerprint density at radius 1 is 1.30 bits per heavy atom. The van der Waals surface area contributed by atoms with E-state index in [2.05, 4.69) is 20.8 Å². The molecule has 0 aromatic heterocycles. The summed E-state index contributed by atoms with van der Waals surface area (Å²) in [5.74, 6) is 0.441. The molecule has 0 aliphatic carbocycles. The third-order valence-corrected chi connectivity index (χ3v) is 1.26. The van der Waals surface area contributed by atoms with Gasteiger partial charge in [-0.1, -0.05) is 20.8 Å². The third-order valence-electron chi connectivity index (χ3n) is 1.26. The van der Waals surface area contributed by atoms with Crippen LogP contribution < -0.4 is 0 Å². The summed E-state index contributed by atoms with van der Waals surface area (Å²) in [5, 5.41) is 0. The van der Waals surface area contributed by atoms with Crippen molar-refractivity contribution in [2.24, 2.45) is 5.92 Å². The Labute approximate surface area is 63.5 Å². The molecule has 0 fully saturated rings. The van der Waals surface area contributed by atoms with Crippen LogP contribution in [0.25, 0.3) is 0 Å². The first-order valence-corrected chi connectivity index (χ1v) is 3.86. The number of hydrogen-bond donors (Lipinski definition) is 0. The smallest absolute Gasteiger partial charge is 0.159 e. The summed E-state index contributed by atoms with van der Waals surface area (Å²) in [6.07, 6.45) is 1.02. The van der Waals surface area contributed by atoms with Crippen LogP contribution in [0, 0.1) is 5.92 Å². The van der Waals surface area contributed by atoms with Gasteiger partial charge in [0.05, 0.1) is 0 Å². The Kier molecular flexibility index (Phi) is 5.64. The molecule has 0 saturated carbocycles. The minimum absolute atomic E-state index is 0.0278. The zero-order valence-corrected chi connectivity index (χ0v) is 7.39. The maximum Gasteiger partial charge on any atom is 0.159 e. The molecule has 2 heteroatoms. The normalized spacial score (nSPS) is 14.1. The van der Waals surface area contributed by atoms with Crippen molar-refractivity contribution in [3.05, 3.63) is 0 Å². The minimum atomic E-state index is -0.0278. The van der Waals surface area contributed by atoms with Crippen LogP contribution in [-0.2, 0) is 9.47 Å². The number of rotatable bonds is 5. The van der Waals surface area contributed by atoms with E-state index in [1.807, 2.05) is 0 Å². The van der Waals surface area contributed by atoms with Gasteiger partial charge in [0.15, 0.2) is 6.29 Å². The van der Waals surface area contributed by atoms with Crippen LogP contribution in [0.1, 0.15) is 27.2 Å². The van der Waals surface area contributed by atoms with Gasteiger partial charge in [0.2, 0.25) is 0 Å². The first-order valence-electron chi connectivity index (χ1n) is 3.86. The minimum Gasteiger partial charge on any atom is -0.356 e. The highest BCUT2D eigenvalue weighted by Gasteiger charge is 2.10. The summed E-state index contributed by atoms with van der Waals surface area (Å²) in [6, 6.07) is 0. The molecule has 0 amide bonds. The summed E-state index contributed by atoms with van der Waals surface area (Å²) >= 11 is 0. The summed E-state index contributed by atoms with van der Waals surface area (Å²) in [7, 11) is 1.68. The molecule has 2 nitrogen and oxygen atoms in total. The fourth-order valence-electron chi connectivity index (χ4n) is 0.767. The highest BCUT2D eigenvalue weighted by molar-refractivity contribution is 4.48. The van der Waals surface area contributed by atoms with E-state index >= 15 is 0 Å². The topological polar surface area (TPSA) is 18.5 Å². The molecular formula is C8H18O2. The second-order valence-electron chi connectivity index (χ2n) is 2.72. The van der Waals surface area contributed by atoms with Crippen LogP contribution in [0.15, 0.2) is 0 Å². The van der Waals surface area contributed by atoms with Crippen LogP contribution in [0.3, 0.4) is 0 Å². The molecule has 62 valence electrons. The lowest BCUT2D eigenvalue weighted by Gasteiger charge is -2.18. The maximum atomic E-state index is 5.38. The van der Waals surface area contributed by atoms with E-state index in [-0.39, 0.29) is 6.29 Å². The van der Waals surface area contributed by atoms with Crippen LogP contribution >= 0.6 is 0 Å². The van der Waals surface area contributed by atoms with Crippen molar-refractivity contribution in [3.63, 3.8) is 0 Å². The van der Waals surface area contributed by atoms with E-state index < -0.39 is 0 Å². The second kappa shape index (κ2) is 5.69. The fourth-order valence-corrected chi connectivity index (χ4v) is 0.767. The van der Waals surface area contributed by atoms with Gasteiger partial charge in [-0.3, -0.25) is 0 Å². The molecule has 0 bridgehead atoms. The summed E-state index contributed by atoms with van der Waals surface area (Å²) < 4.78 is 10.5. The van der Waals surface area contributed by atoms with Gasteiger partial charge < -0.3 is 9.47 Å². The van der Waals surface area contributed by atoms with Crippen LogP contribution in [0.5, 0.6) is 0 Å². The average molecular weight is 146 g/mol. The van der Waals surface area contributed by atoms with Crippen LogP contribution in [0.4, 0.5) is 0 Å². The van der Waals surface area contributed by atoms with Crippen molar-refractivity contribution < 1.29 is 9.47 Å². The molecule has 0 heterocycles. The lowest BCUT2D eigenvalue weighted by Crippen LogP contribution is -2.22. The van der Waals surface area contributed by atoms with Crippen molar-refractivity contribution in [2.75, 3.05) is 13.7 Å². The van der Waals surface area contributed by atoms with Crippen LogP contribution in [-0.4, -0.2) is 20.0 Å². The van der Waals surface area contributed by atoms with Gasteiger partial charge in [-0.15, -0.1) is 0 Å². The molecule has 1 unspecified atom stereocenters. The lowest BCUT2D eigenvalue weighted by molar-refractivity contribution is -0.148. The Morgan fingerprint density at radius 2 is 1.90 bits per heavy atom. The lowest BCUT2D eigenvalue weighted by atomic mass is 10.2. The molecule has 0 aromatic rings. The summed E-state index contributed by atoms with van der Waals surface area (Å²) in [6.45, 7) is 7.05. The molecule has 0 radical (unpaired) electrons. The van der Waals surface area contributed by atoms with E-state index in [4.69, 9.17) is 9.47 Å². The number of ether oxygens (including phenoxy) is 2. The molecule has 0 rings (SSSR count). The average Bonchev–Trinajstić information content (AvgIpc) is 1.89. The van der Waals surface area contributed by atoms with Gasteiger partial charge in [-0.25, -0.2) is 0 Å². The van der Waals surface area contributed by atoms with Gasteiger partial charge >= 0.3 is 0 Å². The summed E-state index contributed by atoms with van der Waals surface area (Å²) in [4.78, 5) is 0. The van der Waals surface area contributed by atoms with E-state index in [9.17, 15) is 0 Å². The zero-order chi connectivity index (χ0) is 7.98. The standard InChI is InChI=1S/C8H18O2/c1-5-6-10-8(9-4)7(2)3/h7-8H,5-6H2,1-4H3. The predicted molar refractivity (Wildman–Crippen MR) is 41.9 cm³/mol. The van der Waals surface area contributed by atoms with Gasteiger partial charge in [0.1, 0.15) is 0 Å².